The van der Waals surface area contributed by atoms with Crippen molar-refractivity contribution in [1.82, 2.24) is 20.4 Å². The molecule has 0 spiro atoms. The molecule has 3 aromatic rings. The van der Waals surface area contributed by atoms with Crippen LogP contribution in [0, 0.1) is 0 Å². The highest BCUT2D eigenvalue weighted by atomic mass is 16.5. The summed E-state index contributed by atoms with van der Waals surface area (Å²) in [6.45, 7) is 4.15. The molecule has 158 valence electrons. The lowest BCUT2D eigenvalue weighted by atomic mass is 9.97. The molecule has 0 aliphatic carbocycles. The van der Waals surface area contributed by atoms with Gasteiger partial charge < -0.3 is 14.7 Å². The van der Waals surface area contributed by atoms with Crippen LogP contribution in [-0.2, 0) is 4.79 Å². The molecule has 1 aliphatic heterocycles. The maximum absolute atomic E-state index is 12.6. The van der Waals surface area contributed by atoms with Crippen molar-refractivity contribution in [3.63, 3.8) is 0 Å². The van der Waals surface area contributed by atoms with E-state index in [2.05, 4.69) is 50.7 Å². The first-order valence-electron chi connectivity index (χ1n) is 10.5. The first kappa shape index (κ1) is 20.3. The molecule has 30 heavy (non-hydrogen) atoms. The predicted octanol–water partition coefficient (Wildman–Crippen LogP) is 3.35. The smallest absolute Gasteiger partial charge is 0.265 e. The minimum absolute atomic E-state index is 0.0255. The second kappa shape index (κ2) is 8.83. The lowest BCUT2D eigenvalue weighted by Crippen LogP contribution is -2.41. The highest BCUT2D eigenvalue weighted by Gasteiger charge is 2.26. The van der Waals surface area contributed by atoms with Crippen molar-refractivity contribution in [2.24, 2.45) is 0 Å². The molecule has 0 saturated carbocycles. The predicted molar refractivity (Wildman–Crippen MR) is 118 cm³/mol. The fraction of sp³-hybridized carbons (Fsp3) is 0.435. The summed E-state index contributed by atoms with van der Waals surface area (Å²) in [6.07, 6.45) is 1.84. The fourth-order valence-electron chi connectivity index (χ4n) is 3.96. The monoisotopic (exact) mass is 407 g/mol. The molecule has 1 amide bonds. The van der Waals surface area contributed by atoms with Crippen LogP contribution in [0.5, 0.6) is 0 Å². The number of amides is 1. The van der Waals surface area contributed by atoms with Gasteiger partial charge in [0.2, 0.25) is 11.8 Å². The Balaban J connectivity index is 1.28. The van der Waals surface area contributed by atoms with E-state index in [0.29, 0.717) is 18.4 Å². The van der Waals surface area contributed by atoms with E-state index in [9.17, 15) is 4.79 Å². The van der Waals surface area contributed by atoms with Crippen LogP contribution in [0.1, 0.15) is 43.2 Å². The van der Waals surface area contributed by atoms with Crippen molar-refractivity contribution in [3.05, 3.63) is 53.9 Å². The Labute approximate surface area is 177 Å². The Morgan fingerprint density at radius 3 is 2.63 bits per heavy atom. The third-order valence-electron chi connectivity index (χ3n) is 5.79. The van der Waals surface area contributed by atoms with E-state index < -0.39 is 0 Å². The Bertz CT molecular complexity index is 1010. The zero-order valence-corrected chi connectivity index (χ0v) is 17.8. The zero-order valence-electron chi connectivity index (χ0n) is 17.8. The second-order valence-electron chi connectivity index (χ2n) is 8.27. The van der Waals surface area contributed by atoms with E-state index in [1.165, 1.54) is 10.8 Å². The molecule has 0 bridgehead atoms. The first-order valence-corrected chi connectivity index (χ1v) is 10.5. The minimum Gasteiger partial charge on any atom is -0.348 e. The highest BCUT2D eigenvalue weighted by molar-refractivity contribution is 5.83. The van der Waals surface area contributed by atoms with Gasteiger partial charge in [0, 0.05) is 20.0 Å². The minimum atomic E-state index is -0.0255. The summed E-state index contributed by atoms with van der Waals surface area (Å²) in [5.74, 6) is 1.63. The molecule has 1 fully saturated rings. The van der Waals surface area contributed by atoms with E-state index in [-0.39, 0.29) is 17.9 Å². The van der Waals surface area contributed by atoms with E-state index in [4.69, 9.17) is 4.52 Å². The van der Waals surface area contributed by atoms with Crippen LogP contribution in [0.25, 0.3) is 10.8 Å². The fourth-order valence-corrected chi connectivity index (χ4v) is 3.96. The van der Waals surface area contributed by atoms with E-state index in [1.54, 1.807) is 0 Å². The van der Waals surface area contributed by atoms with Gasteiger partial charge in [-0.05, 0) is 60.4 Å². The second-order valence-corrected chi connectivity index (χ2v) is 8.27. The molecule has 1 aromatic heterocycles. The van der Waals surface area contributed by atoms with Crippen molar-refractivity contribution in [2.75, 3.05) is 38.6 Å². The number of hydrogen-bond acceptors (Lipinski definition) is 6. The largest absolute Gasteiger partial charge is 0.348 e. The van der Waals surface area contributed by atoms with Crippen molar-refractivity contribution >= 4 is 22.6 Å². The molecule has 1 N–H and O–H groups in total. The van der Waals surface area contributed by atoms with Crippen LogP contribution in [0.2, 0.25) is 0 Å². The van der Waals surface area contributed by atoms with Crippen molar-refractivity contribution in [2.45, 2.75) is 31.7 Å². The lowest BCUT2D eigenvalue weighted by molar-refractivity contribution is -0.123. The van der Waals surface area contributed by atoms with Gasteiger partial charge in [0.05, 0.1) is 12.6 Å². The quantitative estimate of drug-likeness (QED) is 0.676. The van der Waals surface area contributed by atoms with Gasteiger partial charge in [0.1, 0.15) is 0 Å². The maximum Gasteiger partial charge on any atom is 0.265 e. The number of hydrogen-bond donors (Lipinski definition) is 1. The van der Waals surface area contributed by atoms with Crippen LogP contribution in [0.15, 0.2) is 47.0 Å². The van der Waals surface area contributed by atoms with E-state index in [0.717, 1.165) is 31.5 Å². The van der Waals surface area contributed by atoms with Crippen LogP contribution in [0.3, 0.4) is 0 Å². The Kier molecular flexibility index (Phi) is 5.99. The summed E-state index contributed by atoms with van der Waals surface area (Å²) in [7, 11) is 3.80. The highest BCUT2D eigenvalue weighted by Crippen LogP contribution is 2.27. The molecule has 1 saturated heterocycles. The molecule has 0 radical (unpaired) electrons. The molecule has 2 heterocycles. The standard InChI is InChI=1S/C23H29N5O2/c1-16(19-9-8-17-6-4-5-7-20(17)14-19)24-21(29)15-28-12-10-18(11-13-28)22-25-23(26-30-22)27(2)3/h4-9,14,16,18H,10-13,15H2,1-3H3,(H,24,29)/t16-/m0/s1. The number of anilines is 1. The molecule has 1 aliphatic rings. The summed E-state index contributed by atoms with van der Waals surface area (Å²) >= 11 is 0. The normalized spacial score (nSPS) is 16.5. The summed E-state index contributed by atoms with van der Waals surface area (Å²) in [5.41, 5.74) is 1.12. The molecule has 7 nitrogen and oxygen atoms in total. The summed E-state index contributed by atoms with van der Waals surface area (Å²) in [5, 5.41) is 9.54. The summed E-state index contributed by atoms with van der Waals surface area (Å²) in [4.78, 5) is 21.1. The molecule has 0 unspecified atom stereocenters. The summed E-state index contributed by atoms with van der Waals surface area (Å²) in [6, 6.07) is 14.6. The number of benzene rings is 2. The molecule has 7 heteroatoms. The third-order valence-corrected chi connectivity index (χ3v) is 5.79. The molecule has 1 atom stereocenters. The van der Waals surface area contributed by atoms with Crippen LogP contribution in [0.4, 0.5) is 5.95 Å². The van der Waals surface area contributed by atoms with Gasteiger partial charge in [-0.3, -0.25) is 9.69 Å². The lowest BCUT2D eigenvalue weighted by Gasteiger charge is -2.30. The topological polar surface area (TPSA) is 74.5 Å². The number of aromatic nitrogens is 2. The summed E-state index contributed by atoms with van der Waals surface area (Å²) < 4.78 is 5.41. The van der Waals surface area contributed by atoms with Gasteiger partial charge >= 0.3 is 0 Å². The van der Waals surface area contributed by atoms with Gasteiger partial charge in [-0.15, -0.1) is 0 Å². The van der Waals surface area contributed by atoms with E-state index in [1.807, 2.05) is 38.1 Å². The average molecular weight is 408 g/mol. The van der Waals surface area contributed by atoms with Crippen LogP contribution in [-0.4, -0.2) is 54.7 Å². The average Bonchev–Trinajstić information content (AvgIpc) is 3.24. The number of carbonyl (C=O) groups is 1. The number of nitrogens with one attached hydrogen (secondary N) is 1. The number of piperidine rings is 1. The Morgan fingerprint density at radius 1 is 1.20 bits per heavy atom. The number of nitrogens with zero attached hydrogens (tertiary/aromatic N) is 4. The van der Waals surface area contributed by atoms with Crippen molar-refractivity contribution < 1.29 is 9.32 Å². The number of carbonyl (C=O) groups excluding carboxylic acids is 1. The van der Waals surface area contributed by atoms with Crippen LogP contribution >= 0.6 is 0 Å². The SMILES string of the molecule is C[C@H](NC(=O)CN1CCC(c2nc(N(C)C)no2)CC1)c1ccc2ccccc2c1. The van der Waals surface area contributed by atoms with Gasteiger partial charge in [0.25, 0.3) is 5.95 Å². The molecule has 4 rings (SSSR count). The molecular formula is C23H29N5O2. The van der Waals surface area contributed by atoms with Crippen molar-refractivity contribution in [1.29, 1.82) is 0 Å². The Hall–Kier alpha value is -2.93. The maximum atomic E-state index is 12.6. The first-order chi connectivity index (χ1) is 14.5. The van der Waals surface area contributed by atoms with E-state index >= 15 is 0 Å². The number of likely N-dealkylation sites (tertiary alicyclic amines) is 1. The molecule has 2 aromatic carbocycles. The molecular weight excluding hydrogens is 378 g/mol. The number of fused-ring (bicyclic) bond motifs is 1. The zero-order chi connectivity index (χ0) is 21.1. The number of rotatable bonds is 6. The Morgan fingerprint density at radius 2 is 1.93 bits per heavy atom. The van der Waals surface area contributed by atoms with Gasteiger partial charge in [0.15, 0.2) is 0 Å². The van der Waals surface area contributed by atoms with Gasteiger partial charge in [-0.2, -0.15) is 4.98 Å². The van der Waals surface area contributed by atoms with Gasteiger partial charge in [-0.1, -0.05) is 36.4 Å². The third kappa shape index (κ3) is 4.62. The van der Waals surface area contributed by atoms with Gasteiger partial charge in [-0.25, -0.2) is 0 Å². The van der Waals surface area contributed by atoms with Crippen molar-refractivity contribution in [3.8, 4) is 0 Å². The van der Waals surface area contributed by atoms with Crippen LogP contribution < -0.4 is 10.2 Å².